The summed E-state index contributed by atoms with van der Waals surface area (Å²) in [5, 5.41) is 2.83. The van der Waals surface area contributed by atoms with Gasteiger partial charge in [0.15, 0.2) is 0 Å². The first-order valence-corrected chi connectivity index (χ1v) is 4.24. The van der Waals surface area contributed by atoms with Crippen molar-refractivity contribution in [2.45, 2.75) is 27.2 Å². The van der Waals surface area contributed by atoms with Crippen molar-refractivity contribution in [3.8, 4) is 0 Å². The molecule has 1 aliphatic carbocycles. The maximum Gasteiger partial charge on any atom is 0.221 e. The zero-order valence-corrected chi connectivity index (χ0v) is 7.85. The van der Waals surface area contributed by atoms with E-state index < -0.39 is 0 Å². The summed E-state index contributed by atoms with van der Waals surface area (Å²) in [5.41, 5.74) is 2.41. The van der Waals surface area contributed by atoms with Gasteiger partial charge in [-0.25, -0.2) is 0 Å². The minimum atomic E-state index is 0.0149. The molecule has 0 saturated heterocycles. The van der Waals surface area contributed by atoms with Crippen molar-refractivity contribution in [1.29, 1.82) is 0 Å². The van der Waals surface area contributed by atoms with E-state index in [-0.39, 0.29) is 5.91 Å². The van der Waals surface area contributed by atoms with Crippen LogP contribution in [-0.4, -0.2) is 5.91 Å². The number of amides is 1. The molecule has 0 spiro atoms. The summed E-state index contributed by atoms with van der Waals surface area (Å²) in [6, 6.07) is 0. The van der Waals surface area contributed by atoms with Gasteiger partial charge in [0.2, 0.25) is 5.91 Å². The molecule has 0 radical (unpaired) electrons. The zero-order valence-electron chi connectivity index (χ0n) is 7.85. The normalized spacial score (nSPS) is 22.8. The van der Waals surface area contributed by atoms with Crippen LogP contribution >= 0.6 is 0 Å². The average Bonchev–Trinajstić information content (AvgIpc) is 1.94. The molecule has 1 amide bonds. The van der Waals surface area contributed by atoms with Crippen LogP contribution in [0.1, 0.15) is 27.2 Å². The van der Waals surface area contributed by atoms with Crippen molar-refractivity contribution in [2.24, 2.45) is 5.92 Å². The van der Waals surface area contributed by atoms with Gasteiger partial charge in [0, 0.05) is 12.6 Å². The third-order valence-corrected chi connectivity index (χ3v) is 2.03. The molecule has 12 heavy (non-hydrogen) atoms. The van der Waals surface area contributed by atoms with Crippen LogP contribution in [0.3, 0.4) is 0 Å². The van der Waals surface area contributed by atoms with E-state index in [0.717, 1.165) is 12.1 Å². The largest absolute Gasteiger partial charge is 0.330 e. The van der Waals surface area contributed by atoms with Crippen molar-refractivity contribution in [3.63, 3.8) is 0 Å². The topological polar surface area (TPSA) is 29.1 Å². The molecule has 66 valence electrons. The number of rotatable bonds is 1. The van der Waals surface area contributed by atoms with Crippen LogP contribution in [-0.2, 0) is 4.79 Å². The van der Waals surface area contributed by atoms with E-state index in [0.29, 0.717) is 5.92 Å². The second-order valence-electron chi connectivity index (χ2n) is 3.42. The predicted molar refractivity (Wildman–Crippen MR) is 49.4 cm³/mol. The number of allylic oxidation sites excluding steroid dienone is 4. The molecule has 1 N–H and O–H groups in total. The van der Waals surface area contributed by atoms with Gasteiger partial charge in [0.25, 0.3) is 0 Å². The van der Waals surface area contributed by atoms with Crippen LogP contribution in [0.15, 0.2) is 23.4 Å². The highest BCUT2D eigenvalue weighted by atomic mass is 16.1. The Hall–Kier alpha value is -1.05. The molecule has 0 aromatic carbocycles. The van der Waals surface area contributed by atoms with Crippen LogP contribution in [0.2, 0.25) is 0 Å². The first-order chi connectivity index (χ1) is 5.59. The lowest BCUT2D eigenvalue weighted by molar-refractivity contribution is -0.118. The fourth-order valence-electron chi connectivity index (χ4n) is 1.43. The summed E-state index contributed by atoms with van der Waals surface area (Å²) in [6.07, 6.45) is 5.10. The predicted octanol–water partition coefficient (Wildman–Crippen LogP) is 1.99. The van der Waals surface area contributed by atoms with Gasteiger partial charge in [-0.3, -0.25) is 4.79 Å². The Labute approximate surface area is 73.4 Å². The Kier molecular flexibility index (Phi) is 2.69. The van der Waals surface area contributed by atoms with Crippen molar-refractivity contribution in [1.82, 2.24) is 5.32 Å². The molecule has 1 unspecified atom stereocenters. The molecule has 0 aromatic heterocycles. The summed E-state index contributed by atoms with van der Waals surface area (Å²) in [6.45, 7) is 5.77. The number of hydrogen-bond donors (Lipinski definition) is 1. The van der Waals surface area contributed by atoms with Gasteiger partial charge in [0.05, 0.1) is 0 Å². The van der Waals surface area contributed by atoms with Crippen LogP contribution in [0.25, 0.3) is 0 Å². The smallest absolute Gasteiger partial charge is 0.221 e. The van der Waals surface area contributed by atoms with E-state index in [2.05, 4.69) is 25.2 Å². The Bertz CT molecular complexity index is 251. The molecule has 1 rings (SSSR count). The monoisotopic (exact) mass is 165 g/mol. The molecular weight excluding hydrogens is 150 g/mol. The molecular formula is C10H15NO. The van der Waals surface area contributed by atoms with Gasteiger partial charge in [-0.05, 0) is 25.3 Å². The molecule has 0 heterocycles. The molecule has 0 bridgehead atoms. The Morgan fingerprint density at radius 2 is 2.25 bits per heavy atom. The van der Waals surface area contributed by atoms with Crippen molar-refractivity contribution in [2.75, 3.05) is 0 Å². The lowest BCUT2D eigenvalue weighted by Crippen LogP contribution is -2.24. The molecule has 0 saturated carbocycles. The van der Waals surface area contributed by atoms with E-state index in [1.54, 1.807) is 6.92 Å². The number of carbonyl (C=O) groups is 1. The van der Waals surface area contributed by atoms with Crippen LogP contribution in [0.5, 0.6) is 0 Å². The maximum absolute atomic E-state index is 10.8. The van der Waals surface area contributed by atoms with Crippen LogP contribution in [0, 0.1) is 5.92 Å². The van der Waals surface area contributed by atoms with Crippen molar-refractivity contribution in [3.05, 3.63) is 23.4 Å². The molecule has 0 aromatic rings. The second kappa shape index (κ2) is 3.57. The highest BCUT2D eigenvalue weighted by Crippen LogP contribution is 2.22. The molecule has 1 aliphatic rings. The molecule has 0 aliphatic heterocycles. The fourth-order valence-corrected chi connectivity index (χ4v) is 1.43. The van der Waals surface area contributed by atoms with Crippen molar-refractivity contribution < 1.29 is 4.79 Å². The number of carbonyl (C=O) groups excluding carboxylic acids is 1. The van der Waals surface area contributed by atoms with Gasteiger partial charge in [0.1, 0.15) is 0 Å². The van der Waals surface area contributed by atoms with E-state index in [9.17, 15) is 4.79 Å². The van der Waals surface area contributed by atoms with E-state index in [1.807, 2.05) is 6.08 Å². The average molecular weight is 165 g/mol. The quantitative estimate of drug-likeness (QED) is 0.632. The highest BCUT2D eigenvalue weighted by molar-refractivity contribution is 5.75. The van der Waals surface area contributed by atoms with E-state index in [1.165, 1.54) is 5.57 Å². The lowest BCUT2D eigenvalue weighted by atomic mass is 9.94. The minimum absolute atomic E-state index is 0.0149. The Balaban J connectivity index is 2.69. The number of nitrogens with one attached hydrogen (secondary N) is 1. The Morgan fingerprint density at radius 3 is 2.75 bits per heavy atom. The molecule has 2 nitrogen and oxygen atoms in total. The third kappa shape index (κ3) is 2.22. The van der Waals surface area contributed by atoms with Gasteiger partial charge in [-0.2, -0.15) is 0 Å². The fraction of sp³-hybridized carbons (Fsp3) is 0.500. The summed E-state index contributed by atoms with van der Waals surface area (Å²) >= 11 is 0. The minimum Gasteiger partial charge on any atom is -0.330 e. The first-order valence-electron chi connectivity index (χ1n) is 4.24. The highest BCUT2D eigenvalue weighted by Gasteiger charge is 2.13. The maximum atomic E-state index is 10.8. The van der Waals surface area contributed by atoms with E-state index in [4.69, 9.17) is 0 Å². The standard InChI is InChI=1S/C10H15NO/c1-7-4-5-10(8(2)6-7)11-9(3)12/h4-5,8H,6H2,1-3H3,(H,11,12). The second-order valence-corrected chi connectivity index (χ2v) is 3.42. The number of hydrogen-bond acceptors (Lipinski definition) is 1. The lowest BCUT2D eigenvalue weighted by Gasteiger charge is -2.19. The van der Waals surface area contributed by atoms with Crippen LogP contribution in [0.4, 0.5) is 0 Å². The summed E-state index contributed by atoms with van der Waals surface area (Å²) in [5.74, 6) is 0.458. The summed E-state index contributed by atoms with van der Waals surface area (Å²) in [7, 11) is 0. The summed E-state index contributed by atoms with van der Waals surface area (Å²) < 4.78 is 0. The first kappa shape index (κ1) is 9.04. The molecule has 1 atom stereocenters. The van der Waals surface area contributed by atoms with Crippen LogP contribution < -0.4 is 5.32 Å². The zero-order chi connectivity index (χ0) is 9.14. The van der Waals surface area contributed by atoms with E-state index >= 15 is 0 Å². The molecule has 0 fully saturated rings. The van der Waals surface area contributed by atoms with Crippen molar-refractivity contribution >= 4 is 5.91 Å². The van der Waals surface area contributed by atoms with Gasteiger partial charge in [-0.15, -0.1) is 0 Å². The van der Waals surface area contributed by atoms with Gasteiger partial charge >= 0.3 is 0 Å². The SMILES string of the molecule is CC(=O)NC1=CC=C(C)CC1C. The van der Waals surface area contributed by atoms with Gasteiger partial charge in [-0.1, -0.05) is 18.6 Å². The summed E-state index contributed by atoms with van der Waals surface area (Å²) in [4.78, 5) is 10.8. The Morgan fingerprint density at radius 1 is 1.58 bits per heavy atom. The molecule has 2 heteroatoms. The third-order valence-electron chi connectivity index (χ3n) is 2.03. The van der Waals surface area contributed by atoms with Gasteiger partial charge < -0.3 is 5.32 Å².